The molecule has 2 heterocycles. The third-order valence-electron chi connectivity index (χ3n) is 2.45. The highest BCUT2D eigenvalue weighted by Crippen LogP contribution is 2.29. The molecule has 0 saturated heterocycles. The molecule has 6 heteroatoms. The molecule has 0 saturated carbocycles. The molecule has 0 amide bonds. The average molecular weight is 308 g/mol. The Bertz CT molecular complexity index is 583. The second-order valence-electron chi connectivity index (χ2n) is 4.28. The quantitative estimate of drug-likeness (QED) is 0.923. The van der Waals surface area contributed by atoms with Gasteiger partial charge < -0.3 is 5.73 Å². The molecule has 0 aliphatic carbocycles. The van der Waals surface area contributed by atoms with Crippen molar-refractivity contribution in [1.29, 1.82) is 0 Å². The molecule has 0 atom stereocenters. The van der Waals surface area contributed by atoms with Gasteiger partial charge >= 0.3 is 0 Å². The second-order valence-corrected chi connectivity index (χ2v) is 5.07. The number of halogens is 1. The summed E-state index contributed by atoms with van der Waals surface area (Å²) in [6.45, 7) is 5.94. The zero-order chi connectivity index (χ0) is 13.3. The second kappa shape index (κ2) is 4.97. The molecule has 0 aliphatic heterocycles. The van der Waals surface area contributed by atoms with E-state index in [0.29, 0.717) is 23.2 Å². The maximum Gasteiger partial charge on any atom is 0.180 e. The summed E-state index contributed by atoms with van der Waals surface area (Å²) in [6.07, 6.45) is 1.69. The minimum Gasteiger partial charge on any atom is -0.383 e. The van der Waals surface area contributed by atoms with E-state index in [4.69, 9.17) is 5.73 Å². The maximum atomic E-state index is 5.89. The lowest BCUT2D eigenvalue weighted by Crippen LogP contribution is -2.05. The molecule has 2 aromatic heterocycles. The van der Waals surface area contributed by atoms with Gasteiger partial charge in [-0.15, -0.1) is 0 Å². The van der Waals surface area contributed by atoms with Crippen LogP contribution in [0.1, 0.15) is 31.3 Å². The molecule has 18 heavy (non-hydrogen) atoms. The standard InChI is InChI=1S/C12H14BrN5/c1-6(2)10-9(13)11(14)18-12(17-10)8-4-5-15-7(3)16-8/h4-6H,1-3H3,(H2,14,17,18). The average Bonchev–Trinajstić information content (AvgIpc) is 2.32. The SMILES string of the molecule is Cc1nccc(-c2nc(N)c(Br)c(C(C)C)n2)n1. The maximum absolute atomic E-state index is 5.89. The van der Waals surface area contributed by atoms with Crippen LogP contribution >= 0.6 is 15.9 Å². The van der Waals surface area contributed by atoms with Crippen molar-refractivity contribution in [1.82, 2.24) is 19.9 Å². The lowest BCUT2D eigenvalue weighted by molar-refractivity contribution is 0.809. The van der Waals surface area contributed by atoms with Gasteiger partial charge in [0.2, 0.25) is 0 Å². The first kappa shape index (κ1) is 12.9. The number of aryl methyl sites for hydroxylation is 1. The highest BCUT2D eigenvalue weighted by atomic mass is 79.9. The van der Waals surface area contributed by atoms with Crippen LogP contribution in [0.4, 0.5) is 5.82 Å². The van der Waals surface area contributed by atoms with Crippen LogP contribution in [0.25, 0.3) is 11.5 Å². The summed E-state index contributed by atoms with van der Waals surface area (Å²) in [6, 6.07) is 1.78. The highest BCUT2D eigenvalue weighted by Gasteiger charge is 2.14. The van der Waals surface area contributed by atoms with E-state index in [1.54, 1.807) is 12.3 Å². The molecular weight excluding hydrogens is 294 g/mol. The first-order chi connectivity index (χ1) is 8.49. The molecule has 0 spiro atoms. The van der Waals surface area contributed by atoms with Crippen LogP contribution in [0.3, 0.4) is 0 Å². The number of nitrogens with two attached hydrogens (primary N) is 1. The first-order valence-electron chi connectivity index (χ1n) is 5.62. The summed E-state index contributed by atoms with van der Waals surface area (Å²) >= 11 is 3.42. The first-order valence-corrected chi connectivity index (χ1v) is 6.41. The largest absolute Gasteiger partial charge is 0.383 e. The van der Waals surface area contributed by atoms with Crippen LogP contribution in [0.2, 0.25) is 0 Å². The van der Waals surface area contributed by atoms with E-state index in [9.17, 15) is 0 Å². The molecule has 2 N–H and O–H groups in total. The summed E-state index contributed by atoms with van der Waals surface area (Å²) in [7, 11) is 0. The van der Waals surface area contributed by atoms with Crippen LogP contribution in [0.5, 0.6) is 0 Å². The minimum absolute atomic E-state index is 0.256. The van der Waals surface area contributed by atoms with Crippen molar-refractivity contribution in [3.63, 3.8) is 0 Å². The van der Waals surface area contributed by atoms with E-state index >= 15 is 0 Å². The van der Waals surface area contributed by atoms with E-state index in [2.05, 4.69) is 49.7 Å². The van der Waals surface area contributed by atoms with Crippen molar-refractivity contribution in [3.05, 3.63) is 28.3 Å². The Morgan fingerprint density at radius 2 is 1.94 bits per heavy atom. The van der Waals surface area contributed by atoms with Gasteiger partial charge in [-0.3, -0.25) is 0 Å². The highest BCUT2D eigenvalue weighted by molar-refractivity contribution is 9.10. The predicted molar refractivity (Wildman–Crippen MR) is 74.0 cm³/mol. The lowest BCUT2D eigenvalue weighted by atomic mass is 10.1. The van der Waals surface area contributed by atoms with Crippen molar-refractivity contribution >= 4 is 21.7 Å². The number of hydrogen-bond donors (Lipinski definition) is 1. The van der Waals surface area contributed by atoms with Gasteiger partial charge in [0.05, 0.1) is 10.2 Å². The number of aromatic nitrogens is 4. The van der Waals surface area contributed by atoms with E-state index in [1.165, 1.54) is 0 Å². The predicted octanol–water partition coefficient (Wildman–Crippen LogP) is 2.71. The molecule has 2 rings (SSSR count). The van der Waals surface area contributed by atoms with E-state index in [0.717, 1.165) is 10.2 Å². The fourth-order valence-electron chi connectivity index (χ4n) is 1.56. The van der Waals surface area contributed by atoms with Crippen LogP contribution in [-0.2, 0) is 0 Å². The van der Waals surface area contributed by atoms with E-state index in [1.807, 2.05) is 6.92 Å². The van der Waals surface area contributed by atoms with Crippen molar-refractivity contribution in [3.8, 4) is 11.5 Å². The van der Waals surface area contributed by atoms with Crippen molar-refractivity contribution in [2.45, 2.75) is 26.7 Å². The van der Waals surface area contributed by atoms with Crippen molar-refractivity contribution in [2.75, 3.05) is 5.73 Å². The molecular formula is C12H14BrN5. The summed E-state index contributed by atoms with van der Waals surface area (Å²) in [4.78, 5) is 17.1. The third kappa shape index (κ3) is 2.48. The molecule has 94 valence electrons. The Morgan fingerprint density at radius 3 is 2.56 bits per heavy atom. The number of nitrogen functional groups attached to an aromatic ring is 1. The Labute approximate surface area is 114 Å². The van der Waals surface area contributed by atoms with E-state index in [-0.39, 0.29) is 5.92 Å². The molecule has 0 unspecified atom stereocenters. The summed E-state index contributed by atoms with van der Waals surface area (Å²) in [5.41, 5.74) is 7.46. The molecule has 5 nitrogen and oxygen atoms in total. The lowest BCUT2D eigenvalue weighted by Gasteiger charge is -2.11. The molecule has 0 aliphatic rings. The minimum atomic E-state index is 0.256. The van der Waals surface area contributed by atoms with Crippen molar-refractivity contribution < 1.29 is 0 Å². The van der Waals surface area contributed by atoms with Crippen LogP contribution < -0.4 is 5.73 Å². The fourth-order valence-corrected chi connectivity index (χ4v) is 2.20. The van der Waals surface area contributed by atoms with Gasteiger partial charge in [0.15, 0.2) is 5.82 Å². The van der Waals surface area contributed by atoms with Crippen molar-refractivity contribution in [2.24, 2.45) is 0 Å². The Morgan fingerprint density at radius 1 is 1.22 bits per heavy atom. The molecule has 0 aromatic carbocycles. The third-order valence-corrected chi connectivity index (χ3v) is 3.27. The Hall–Kier alpha value is -1.56. The Balaban J connectivity index is 2.59. The van der Waals surface area contributed by atoms with Gasteiger partial charge in [0.1, 0.15) is 17.3 Å². The number of hydrogen-bond acceptors (Lipinski definition) is 5. The number of nitrogens with zero attached hydrogens (tertiary/aromatic N) is 4. The van der Waals surface area contributed by atoms with Gasteiger partial charge in [-0.25, -0.2) is 19.9 Å². The summed E-state index contributed by atoms with van der Waals surface area (Å²) in [5, 5.41) is 0. The zero-order valence-corrected chi connectivity index (χ0v) is 12.1. The van der Waals surface area contributed by atoms with Gasteiger partial charge in [-0.1, -0.05) is 13.8 Å². The summed E-state index contributed by atoms with van der Waals surface area (Å²) < 4.78 is 0.757. The Kier molecular flexibility index (Phi) is 3.56. The molecule has 0 fully saturated rings. The zero-order valence-electron chi connectivity index (χ0n) is 10.5. The van der Waals surface area contributed by atoms with Gasteiger partial charge in [-0.2, -0.15) is 0 Å². The van der Waals surface area contributed by atoms with Crippen LogP contribution in [-0.4, -0.2) is 19.9 Å². The fraction of sp³-hybridized carbons (Fsp3) is 0.333. The van der Waals surface area contributed by atoms with Crippen LogP contribution in [0, 0.1) is 6.92 Å². The van der Waals surface area contributed by atoms with Gasteiger partial charge in [-0.05, 0) is 34.8 Å². The topological polar surface area (TPSA) is 77.6 Å². The normalized spacial score (nSPS) is 10.9. The molecule has 2 aromatic rings. The van der Waals surface area contributed by atoms with E-state index < -0.39 is 0 Å². The molecule has 0 radical (unpaired) electrons. The summed E-state index contributed by atoms with van der Waals surface area (Å²) in [5.74, 6) is 1.90. The number of anilines is 1. The molecule has 0 bridgehead atoms. The monoisotopic (exact) mass is 307 g/mol. The smallest absolute Gasteiger partial charge is 0.180 e. The van der Waals surface area contributed by atoms with Gasteiger partial charge in [0, 0.05) is 6.20 Å². The van der Waals surface area contributed by atoms with Crippen LogP contribution in [0.15, 0.2) is 16.7 Å². The van der Waals surface area contributed by atoms with Gasteiger partial charge in [0.25, 0.3) is 0 Å². The number of rotatable bonds is 2.